The predicted molar refractivity (Wildman–Crippen MR) is 74.3 cm³/mol. The minimum Gasteiger partial charge on any atom is -0.481 e. The monoisotopic (exact) mass is 273 g/mol. The average molecular weight is 273 g/mol. The number of nitrogens with zero attached hydrogens (tertiary/aromatic N) is 1. The number of aromatic nitrogens is 1. The van der Waals surface area contributed by atoms with Gasteiger partial charge in [0, 0.05) is 25.1 Å². The molecular formula is C16H16FNO2. The number of Topliss-reactive ketones (excluding diaryl/α,β-unsaturated/α-hetero) is 1. The Kier molecular flexibility index (Phi) is 4.45. The van der Waals surface area contributed by atoms with Crippen molar-refractivity contribution >= 4 is 5.78 Å². The van der Waals surface area contributed by atoms with Crippen LogP contribution in [0.2, 0.25) is 0 Å². The van der Waals surface area contributed by atoms with Gasteiger partial charge in [-0.05, 0) is 35.7 Å². The lowest BCUT2D eigenvalue weighted by atomic mass is 10.00. The molecule has 1 aromatic carbocycles. The lowest BCUT2D eigenvalue weighted by Gasteiger charge is -2.06. The molecule has 0 saturated carbocycles. The van der Waals surface area contributed by atoms with Crippen LogP contribution in [0.5, 0.6) is 5.88 Å². The summed E-state index contributed by atoms with van der Waals surface area (Å²) in [7, 11) is 1.54. The van der Waals surface area contributed by atoms with Crippen LogP contribution in [0.25, 0.3) is 0 Å². The molecule has 0 amide bonds. The van der Waals surface area contributed by atoms with E-state index in [-0.39, 0.29) is 24.4 Å². The van der Waals surface area contributed by atoms with Crippen molar-refractivity contribution in [3.63, 3.8) is 0 Å². The Hall–Kier alpha value is -2.23. The summed E-state index contributed by atoms with van der Waals surface area (Å²) in [5, 5.41) is 0. The van der Waals surface area contributed by atoms with Gasteiger partial charge in [0.2, 0.25) is 5.88 Å². The van der Waals surface area contributed by atoms with Crippen molar-refractivity contribution < 1.29 is 13.9 Å². The van der Waals surface area contributed by atoms with Crippen LogP contribution >= 0.6 is 0 Å². The molecule has 20 heavy (non-hydrogen) atoms. The zero-order valence-corrected chi connectivity index (χ0v) is 11.5. The van der Waals surface area contributed by atoms with Gasteiger partial charge in [-0.2, -0.15) is 0 Å². The van der Waals surface area contributed by atoms with E-state index < -0.39 is 0 Å². The van der Waals surface area contributed by atoms with E-state index in [1.165, 1.54) is 12.1 Å². The molecule has 0 bridgehead atoms. The maximum atomic E-state index is 13.2. The fourth-order valence-corrected chi connectivity index (χ4v) is 1.97. The van der Waals surface area contributed by atoms with Crippen LogP contribution in [0.15, 0.2) is 36.5 Å². The lowest BCUT2D eigenvalue weighted by molar-refractivity contribution is -0.117. The van der Waals surface area contributed by atoms with Crippen molar-refractivity contribution in [3.8, 4) is 5.88 Å². The van der Waals surface area contributed by atoms with Crippen LogP contribution in [0, 0.1) is 12.7 Å². The van der Waals surface area contributed by atoms with E-state index in [1.54, 1.807) is 25.4 Å². The number of hydrogen-bond acceptors (Lipinski definition) is 3. The van der Waals surface area contributed by atoms with Gasteiger partial charge in [0.05, 0.1) is 7.11 Å². The smallest absolute Gasteiger partial charge is 0.212 e. The van der Waals surface area contributed by atoms with Crippen LogP contribution in [0.1, 0.15) is 16.7 Å². The number of carbonyl (C=O) groups excluding carboxylic acids is 1. The SMILES string of the molecule is COc1ccc(CC(=O)Cc2cc(F)ccc2C)cn1. The highest BCUT2D eigenvalue weighted by Gasteiger charge is 2.09. The molecule has 0 aliphatic heterocycles. The molecule has 0 aliphatic rings. The summed E-state index contributed by atoms with van der Waals surface area (Å²) in [5.41, 5.74) is 2.48. The van der Waals surface area contributed by atoms with Crippen molar-refractivity contribution in [2.75, 3.05) is 7.11 Å². The third-order valence-electron chi connectivity index (χ3n) is 3.11. The van der Waals surface area contributed by atoms with Gasteiger partial charge < -0.3 is 4.74 Å². The molecule has 2 rings (SSSR count). The second kappa shape index (κ2) is 6.28. The summed E-state index contributed by atoms with van der Waals surface area (Å²) in [6, 6.07) is 8.03. The van der Waals surface area contributed by atoms with E-state index in [0.29, 0.717) is 5.88 Å². The van der Waals surface area contributed by atoms with E-state index in [0.717, 1.165) is 16.7 Å². The van der Waals surface area contributed by atoms with Crippen molar-refractivity contribution in [2.45, 2.75) is 19.8 Å². The van der Waals surface area contributed by atoms with Gasteiger partial charge in [-0.25, -0.2) is 9.37 Å². The normalized spacial score (nSPS) is 10.3. The van der Waals surface area contributed by atoms with Gasteiger partial charge in [0.15, 0.2) is 0 Å². The standard InChI is InChI=1S/C16H16FNO2/c1-11-3-5-14(17)8-13(11)9-15(19)7-12-4-6-16(20-2)18-10-12/h3-6,8,10H,7,9H2,1-2H3. The average Bonchev–Trinajstić information content (AvgIpc) is 2.43. The first kappa shape index (κ1) is 14.2. The molecule has 3 nitrogen and oxygen atoms in total. The molecule has 1 aromatic heterocycles. The third kappa shape index (κ3) is 3.63. The van der Waals surface area contributed by atoms with Crippen LogP contribution < -0.4 is 4.74 Å². The number of benzene rings is 1. The number of aryl methyl sites for hydroxylation is 1. The summed E-state index contributed by atoms with van der Waals surface area (Å²) < 4.78 is 18.1. The number of ether oxygens (including phenoxy) is 1. The zero-order valence-electron chi connectivity index (χ0n) is 11.5. The number of halogens is 1. The lowest BCUT2D eigenvalue weighted by Crippen LogP contribution is -2.08. The maximum Gasteiger partial charge on any atom is 0.212 e. The fraction of sp³-hybridized carbons (Fsp3) is 0.250. The molecular weight excluding hydrogens is 257 g/mol. The van der Waals surface area contributed by atoms with E-state index >= 15 is 0 Å². The summed E-state index contributed by atoms with van der Waals surface area (Å²) >= 11 is 0. The molecule has 0 radical (unpaired) electrons. The molecule has 1 heterocycles. The summed E-state index contributed by atoms with van der Waals surface area (Å²) in [5.74, 6) is 0.234. The molecule has 2 aromatic rings. The highest BCUT2D eigenvalue weighted by molar-refractivity contribution is 5.83. The number of carbonyl (C=O) groups is 1. The Bertz CT molecular complexity index is 608. The molecule has 104 valence electrons. The minimum absolute atomic E-state index is 0.0330. The van der Waals surface area contributed by atoms with Crippen LogP contribution in [-0.2, 0) is 17.6 Å². The molecule has 4 heteroatoms. The van der Waals surface area contributed by atoms with E-state index in [2.05, 4.69) is 4.98 Å². The Balaban J connectivity index is 2.03. The second-order valence-electron chi connectivity index (χ2n) is 4.67. The van der Waals surface area contributed by atoms with E-state index in [9.17, 15) is 9.18 Å². The Labute approximate surface area is 117 Å². The Morgan fingerprint density at radius 3 is 2.70 bits per heavy atom. The summed E-state index contributed by atoms with van der Waals surface area (Å²) in [4.78, 5) is 16.1. The first-order valence-electron chi connectivity index (χ1n) is 6.34. The number of rotatable bonds is 5. The van der Waals surface area contributed by atoms with Gasteiger partial charge in [-0.1, -0.05) is 12.1 Å². The number of ketones is 1. The molecule has 0 unspecified atom stereocenters. The summed E-state index contributed by atoms with van der Waals surface area (Å²) in [6.07, 6.45) is 2.14. The van der Waals surface area contributed by atoms with Crippen LogP contribution in [0.3, 0.4) is 0 Å². The second-order valence-corrected chi connectivity index (χ2v) is 4.67. The minimum atomic E-state index is -0.315. The molecule has 0 spiro atoms. The highest BCUT2D eigenvalue weighted by atomic mass is 19.1. The first-order chi connectivity index (χ1) is 9.58. The molecule has 0 saturated heterocycles. The van der Waals surface area contributed by atoms with Crippen molar-refractivity contribution in [1.82, 2.24) is 4.98 Å². The largest absolute Gasteiger partial charge is 0.481 e. The highest BCUT2D eigenvalue weighted by Crippen LogP contribution is 2.13. The fourth-order valence-electron chi connectivity index (χ4n) is 1.97. The third-order valence-corrected chi connectivity index (χ3v) is 3.11. The van der Waals surface area contributed by atoms with Crippen molar-refractivity contribution in [3.05, 3.63) is 59.0 Å². The van der Waals surface area contributed by atoms with Crippen molar-refractivity contribution in [1.29, 1.82) is 0 Å². The molecule has 0 N–H and O–H groups in total. The van der Waals surface area contributed by atoms with Gasteiger partial charge in [0.25, 0.3) is 0 Å². The van der Waals surface area contributed by atoms with Crippen LogP contribution in [0.4, 0.5) is 4.39 Å². The predicted octanol–water partition coefficient (Wildman–Crippen LogP) is 2.89. The van der Waals surface area contributed by atoms with Crippen molar-refractivity contribution in [2.24, 2.45) is 0 Å². The molecule has 0 aliphatic carbocycles. The van der Waals surface area contributed by atoms with Gasteiger partial charge in [-0.15, -0.1) is 0 Å². The van der Waals surface area contributed by atoms with Gasteiger partial charge >= 0.3 is 0 Å². The maximum absolute atomic E-state index is 13.2. The number of hydrogen-bond donors (Lipinski definition) is 0. The summed E-state index contributed by atoms with van der Waals surface area (Å²) in [6.45, 7) is 1.87. The topological polar surface area (TPSA) is 39.2 Å². The van der Waals surface area contributed by atoms with Gasteiger partial charge in [-0.3, -0.25) is 4.79 Å². The van der Waals surface area contributed by atoms with Crippen LogP contribution in [-0.4, -0.2) is 17.9 Å². The Morgan fingerprint density at radius 2 is 2.05 bits per heavy atom. The zero-order chi connectivity index (χ0) is 14.5. The molecule has 0 fully saturated rings. The first-order valence-corrected chi connectivity index (χ1v) is 6.34. The quantitative estimate of drug-likeness (QED) is 0.841. The molecule has 0 atom stereocenters. The van der Waals surface area contributed by atoms with Gasteiger partial charge in [0.1, 0.15) is 11.6 Å². The van der Waals surface area contributed by atoms with E-state index in [1.807, 2.05) is 13.0 Å². The number of pyridine rings is 1. The number of methoxy groups -OCH3 is 1. The van der Waals surface area contributed by atoms with E-state index in [4.69, 9.17) is 4.74 Å². The Morgan fingerprint density at radius 1 is 1.25 bits per heavy atom.